The van der Waals surface area contributed by atoms with Gasteiger partial charge in [0.2, 0.25) is 10.0 Å². The SMILES string of the molecule is O=C(NS(=O)(=O)C1CC1)c1cc(N2CCC(N3CCOCC3)CC2)c2c(C3CCC3)nn(-c3ccc(F)cc3)c2n1. The predicted octanol–water partition coefficient (Wildman–Crippen LogP) is 3.35. The number of nitrogens with zero attached hydrogens (tertiary/aromatic N) is 5. The second-order valence-electron chi connectivity index (χ2n) is 11.7. The monoisotopic (exact) mass is 582 g/mol. The molecule has 1 N–H and O–H groups in total. The van der Waals surface area contributed by atoms with Crippen molar-refractivity contribution in [2.24, 2.45) is 0 Å². The molecule has 4 fully saturated rings. The largest absolute Gasteiger partial charge is 0.379 e. The fourth-order valence-electron chi connectivity index (χ4n) is 6.28. The molecule has 41 heavy (non-hydrogen) atoms. The van der Waals surface area contributed by atoms with Gasteiger partial charge in [-0.2, -0.15) is 5.10 Å². The van der Waals surface area contributed by atoms with Gasteiger partial charge in [-0.25, -0.2) is 27.2 Å². The summed E-state index contributed by atoms with van der Waals surface area (Å²) in [4.78, 5) is 22.9. The van der Waals surface area contributed by atoms with Crippen molar-refractivity contribution in [1.29, 1.82) is 0 Å². The van der Waals surface area contributed by atoms with Crippen molar-refractivity contribution in [3.63, 3.8) is 0 Å². The van der Waals surface area contributed by atoms with Crippen LogP contribution in [0.3, 0.4) is 0 Å². The minimum Gasteiger partial charge on any atom is -0.379 e. The quantitative estimate of drug-likeness (QED) is 0.452. The summed E-state index contributed by atoms with van der Waals surface area (Å²) >= 11 is 0. The van der Waals surface area contributed by atoms with E-state index in [1.807, 2.05) is 0 Å². The lowest BCUT2D eigenvalue weighted by Gasteiger charge is -2.41. The van der Waals surface area contributed by atoms with Crippen LogP contribution < -0.4 is 9.62 Å². The standard InChI is InChI=1S/C29H35FN6O4S/c30-20-4-6-22(7-5-20)36-28-26(27(32-36)19-2-1-3-19)25(18-24(31-28)29(37)33-41(38,39)23-8-9-23)35-12-10-21(11-13-35)34-14-16-40-17-15-34/h4-7,18-19,21,23H,1-3,8-17H2,(H,33,37). The number of ether oxygens (including phenoxy) is 1. The van der Waals surface area contributed by atoms with Gasteiger partial charge >= 0.3 is 0 Å². The number of halogens is 1. The highest BCUT2D eigenvalue weighted by Crippen LogP contribution is 2.43. The maximum absolute atomic E-state index is 13.8. The number of sulfonamides is 1. The Bertz CT molecular complexity index is 1550. The molecule has 4 heterocycles. The van der Waals surface area contributed by atoms with Crippen LogP contribution in [0.25, 0.3) is 16.7 Å². The number of piperidine rings is 1. The van der Waals surface area contributed by atoms with Crippen LogP contribution in [0.15, 0.2) is 30.3 Å². The van der Waals surface area contributed by atoms with E-state index in [0.29, 0.717) is 30.2 Å². The molecule has 1 amide bonds. The number of amides is 1. The van der Waals surface area contributed by atoms with E-state index in [4.69, 9.17) is 14.8 Å². The van der Waals surface area contributed by atoms with Crippen LogP contribution in [0, 0.1) is 5.82 Å². The molecule has 2 aromatic heterocycles. The zero-order valence-corrected chi connectivity index (χ0v) is 23.8. The molecule has 0 unspecified atom stereocenters. The van der Waals surface area contributed by atoms with Crippen LogP contribution >= 0.6 is 0 Å². The van der Waals surface area contributed by atoms with Crippen molar-refractivity contribution in [3.8, 4) is 5.69 Å². The second kappa shape index (κ2) is 10.6. The number of hydrogen-bond donors (Lipinski definition) is 1. The molecule has 0 radical (unpaired) electrons. The summed E-state index contributed by atoms with van der Waals surface area (Å²) in [5.41, 5.74) is 2.95. The van der Waals surface area contributed by atoms with E-state index in [1.165, 1.54) is 12.1 Å². The molecule has 2 aliphatic heterocycles. The molecule has 2 aliphatic carbocycles. The zero-order valence-electron chi connectivity index (χ0n) is 23.0. The molecule has 2 saturated carbocycles. The third kappa shape index (κ3) is 5.21. The highest BCUT2D eigenvalue weighted by Gasteiger charge is 2.38. The third-order valence-corrected chi connectivity index (χ3v) is 10.8. The molecule has 7 rings (SSSR count). The van der Waals surface area contributed by atoms with Crippen LogP contribution in [0.2, 0.25) is 0 Å². The molecule has 0 spiro atoms. The molecule has 218 valence electrons. The highest BCUT2D eigenvalue weighted by atomic mass is 32.2. The predicted molar refractivity (Wildman–Crippen MR) is 152 cm³/mol. The van der Waals surface area contributed by atoms with Gasteiger partial charge in [0.05, 0.1) is 40.9 Å². The van der Waals surface area contributed by atoms with Gasteiger partial charge in [-0.05, 0) is 68.9 Å². The maximum Gasteiger partial charge on any atom is 0.283 e. The van der Waals surface area contributed by atoms with E-state index in [0.717, 1.165) is 88.3 Å². The summed E-state index contributed by atoms with van der Waals surface area (Å²) in [6.07, 6.45) is 6.24. The van der Waals surface area contributed by atoms with E-state index < -0.39 is 21.2 Å². The first-order valence-corrected chi connectivity index (χ1v) is 16.2. The van der Waals surface area contributed by atoms with Crippen molar-refractivity contribution < 1.29 is 22.3 Å². The lowest BCUT2D eigenvalue weighted by Crippen LogP contribution is -2.49. The second-order valence-corrected chi connectivity index (χ2v) is 13.6. The van der Waals surface area contributed by atoms with Gasteiger partial charge in [-0.1, -0.05) is 6.42 Å². The van der Waals surface area contributed by atoms with Crippen molar-refractivity contribution in [3.05, 3.63) is 47.5 Å². The molecule has 0 bridgehead atoms. The smallest absolute Gasteiger partial charge is 0.283 e. The Hall–Kier alpha value is -3.09. The topological polar surface area (TPSA) is 110 Å². The summed E-state index contributed by atoms with van der Waals surface area (Å²) in [7, 11) is -3.75. The van der Waals surface area contributed by atoms with Gasteiger partial charge in [0.15, 0.2) is 5.65 Å². The Kier molecular flexibility index (Phi) is 6.95. The minimum absolute atomic E-state index is 0.0375. The fraction of sp³-hybridized carbons (Fsp3) is 0.552. The van der Waals surface area contributed by atoms with Gasteiger partial charge in [0.25, 0.3) is 5.91 Å². The van der Waals surface area contributed by atoms with Crippen molar-refractivity contribution in [2.75, 3.05) is 44.3 Å². The molecule has 1 aromatic carbocycles. The van der Waals surface area contributed by atoms with Crippen molar-refractivity contribution in [2.45, 2.75) is 62.2 Å². The number of carbonyl (C=O) groups is 1. The summed E-state index contributed by atoms with van der Waals surface area (Å²) in [6, 6.07) is 8.27. The number of benzene rings is 1. The molecular weight excluding hydrogens is 547 g/mol. The molecule has 10 nitrogen and oxygen atoms in total. The molecule has 2 saturated heterocycles. The van der Waals surface area contributed by atoms with Crippen LogP contribution in [0.1, 0.15) is 67.0 Å². The Labute approximate surface area is 238 Å². The summed E-state index contributed by atoms with van der Waals surface area (Å²) < 4.78 is 48.6. The van der Waals surface area contributed by atoms with Crippen LogP contribution in [0.5, 0.6) is 0 Å². The minimum atomic E-state index is -3.75. The number of carbonyl (C=O) groups excluding carboxylic acids is 1. The first kappa shape index (κ1) is 26.8. The molecule has 12 heteroatoms. The molecule has 4 aliphatic rings. The van der Waals surface area contributed by atoms with E-state index in [2.05, 4.69) is 14.5 Å². The number of nitrogens with one attached hydrogen (secondary N) is 1. The molecular formula is C29H35FN6O4S. The van der Waals surface area contributed by atoms with Gasteiger partial charge in [-0.15, -0.1) is 0 Å². The van der Waals surface area contributed by atoms with Gasteiger partial charge < -0.3 is 9.64 Å². The van der Waals surface area contributed by atoms with Gasteiger partial charge in [0.1, 0.15) is 11.5 Å². The summed E-state index contributed by atoms with van der Waals surface area (Å²) in [5, 5.41) is 5.37. The Balaban J connectivity index is 1.31. The van der Waals surface area contributed by atoms with Gasteiger partial charge in [0, 0.05) is 38.1 Å². The average molecular weight is 583 g/mol. The van der Waals surface area contributed by atoms with Crippen LogP contribution in [0.4, 0.5) is 10.1 Å². The number of anilines is 1. The normalized spacial score (nSPS) is 21.2. The van der Waals surface area contributed by atoms with Crippen LogP contribution in [-0.4, -0.2) is 84.7 Å². The molecule has 0 atom stereocenters. The number of fused-ring (bicyclic) bond motifs is 1. The van der Waals surface area contributed by atoms with Crippen molar-refractivity contribution >= 4 is 32.7 Å². The fourth-order valence-corrected chi connectivity index (χ4v) is 7.56. The number of hydrogen-bond acceptors (Lipinski definition) is 8. The maximum atomic E-state index is 13.8. The molecule has 3 aromatic rings. The Morgan fingerprint density at radius 1 is 0.976 bits per heavy atom. The van der Waals surface area contributed by atoms with Gasteiger partial charge in [-0.3, -0.25) is 9.69 Å². The number of morpholine rings is 1. The zero-order chi connectivity index (χ0) is 28.1. The van der Waals surface area contributed by atoms with Crippen LogP contribution in [-0.2, 0) is 14.8 Å². The number of rotatable bonds is 7. The van der Waals surface area contributed by atoms with E-state index in [9.17, 15) is 17.6 Å². The lowest BCUT2D eigenvalue weighted by molar-refractivity contribution is 0.0115. The van der Waals surface area contributed by atoms with E-state index in [-0.39, 0.29) is 17.4 Å². The third-order valence-electron chi connectivity index (χ3n) is 9.01. The Morgan fingerprint density at radius 2 is 1.68 bits per heavy atom. The summed E-state index contributed by atoms with van der Waals surface area (Å²) in [6.45, 7) is 5.02. The van der Waals surface area contributed by atoms with E-state index >= 15 is 0 Å². The lowest BCUT2D eigenvalue weighted by atomic mass is 9.82. The first-order chi connectivity index (χ1) is 19.9. The highest BCUT2D eigenvalue weighted by molar-refractivity contribution is 7.91. The Morgan fingerprint density at radius 3 is 2.32 bits per heavy atom. The summed E-state index contributed by atoms with van der Waals surface area (Å²) in [5.74, 6) is -0.813. The average Bonchev–Trinajstić information content (AvgIpc) is 3.76. The van der Waals surface area contributed by atoms with Crippen molar-refractivity contribution in [1.82, 2.24) is 24.4 Å². The first-order valence-electron chi connectivity index (χ1n) is 14.7. The number of aromatic nitrogens is 3. The van der Waals surface area contributed by atoms with E-state index in [1.54, 1.807) is 22.9 Å². The number of pyridine rings is 1.